The van der Waals surface area contributed by atoms with Crippen LogP contribution < -0.4 is 146 Å². The monoisotopic (exact) mass is 2080 g/mol. The number of carbonyl (C=O) groups excluding carboxylic acids is 16. The predicted octanol–water partition coefficient (Wildman–Crippen LogP) is -6.23. The molecule has 0 saturated carbocycles. The third-order valence-electron chi connectivity index (χ3n) is 23.6. The van der Waals surface area contributed by atoms with Gasteiger partial charge in [-0.05, 0) is 163 Å². The third kappa shape index (κ3) is 44.8. The van der Waals surface area contributed by atoms with Crippen LogP contribution in [-0.4, -0.2) is 287 Å². The van der Waals surface area contributed by atoms with Gasteiger partial charge in [0.15, 0.2) is 29.8 Å². The number of carboxylic acid groups (broad SMARTS) is 1. The van der Waals surface area contributed by atoms with Crippen molar-refractivity contribution in [3.05, 3.63) is 132 Å². The van der Waals surface area contributed by atoms with Crippen molar-refractivity contribution < 1.29 is 96.8 Å². The normalized spacial score (nSPS) is 14.4. The number of hydrogen-bond donors (Lipinski definition) is 36. The quantitative estimate of drug-likeness (QED) is 0.00978. The van der Waals surface area contributed by atoms with Gasteiger partial charge in [0.05, 0.1) is 12.6 Å². The molecule has 17 atom stereocenters. The highest BCUT2D eigenvalue weighted by Crippen LogP contribution is 2.22. The summed E-state index contributed by atoms with van der Waals surface area (Å²) in [5.74, 6) is -20.0. The number of aromatic amines is 1. The van der Waals surface area contributed by atoms with Crippen LogP contribution in [0.5, 0.6) is 11.5 Å². The Morgan fingerprint density at radius 1 is 0.315 bits per heavy atom. The van der Waals surface area contributed by atoms with Crippen molar-refractivity contribution in [2.45, 2.75) is 255 Å². The number of para-hydroxylation sites is 1. The van der Waals surface area contributed by atoms with Crippen LogP contribution in [0.2, 0.25) is 0 Å². The van der Waals surface area contributed by atoms with E-state index >= 15 is 0 Å². The number of amides is 16. The van der Waals surface area contributed by atoms with Crippen molar-refractivity contribution >= 4 is 141 Å². The lowest BCUT2D eigenvalue weighted by Gasteiger charge is -2.28. The molecule has 53 heteroatoms. The van der Waals surface area contributed by atoms with Gasteiger partial charge in [0.25, 0.3) is 0 Å². The molecular formula is C96H147N33O20. The summed E-state index contributed by atoms with van der Waals surface area (Å²) < 4.78 is 0. The van der Waals surface area contributed by atoms with Crippen molar-refractivity contribution in [3.8, 4) is 11.5 Å². The van der Waals surface area contributed by atoms with E-state index < -0.39 is 239 Å². The van der Waals surface area contributed by atoms with Crippen molar-refractivity contribution in [1.29, 1.82) is 27.0 Å². The van der Waals surface area contributed by atoms with Gasteiger partial charge in [-0.2, -0.15) is 0 Å². The van der Waals surface area contributed by atoms with Crippen LogP contribution in [0.3, 0.4) is 0 Å². The summed E-state index contributed by atoms with van der Waals surface area (Å²) in [6.45, 7) is 12.2. The average molecular weight is 2080 g/mol. The second-order valence-electron chi connectivity index (χ2n) is 36.4. The summed E-state index contributed by atoms with van der Waals surface area (Å²) in [5.41, 5.74) is 36.1. The lowest BCUT2D eigenvalue weighted by molar-refractivity contribution is -0.142. The Morgan fingerprint density at radius 2 is 0.611 bits per heavy atom. The second kappa shape index (κ2) is 62.9. The molecule has 0 aliphatic carbocycles. The van der Waals surface area contributed by atoms with Gasteiger partial charge in [-0.1, -0.05) is 107 Å². The highest BCUT2D eigenvalue weighted by molar-refractivity contribution is 6.02. The summed E-state index contributed by atoms with van der Waals surface area (Å²) in [6, 6.07) is 3.62. The fourth-order valence-electron chi connectivity index (χ4n) is 15.0. The highest BCUT2D eigenvalue weighted by Gasteiger charge is 2.39. The highest BCUT2D eigenvalue weighted by atomic mass is 16.4. The Bertz CT molecular complexity index is 5420. The molecule has 0 aliphatic rings. The van der Waals surface area contributed by atoms with E-state index in [0.29, 0.717) is 22.3 Å². The molecule has 5 aromatic rings. The molecule has 0 fully saturated rings. The number of H-pyrrole nitrogens is 1. The molecule has 0 radical (unpaired) electrons. The number of hydrogen-bond acceptors (Lipinski definition) is 25. The molecule has 53 nitrogen and oxygen atoms in total. The minimum absolute atomic E-state index is 0.0130. The number of aromatic hydroxyl groups is 2. The van der Waals surface area contributed by atoms with E-state index in [1.54, 1.807) is 70.3 Å². The van der Waals surface area contributed by atoms with Gasteiger partial charge in [0.2, 0.25) is 94.5 Å². The van der Waals surface area contributed by atoms with Crippen molar-refractivity contribution in [1.82, 2.24) is 117 Å². The molecule has 4 aromatic carbocycles. The van der Waals surface area contributed by atoms with Gasteiger partial charge in [0, 0.05) is 75.5 Å². The number of nitrogens with one attached hydrogen (secondary N) is 27. The fourth-order valence-corrected chi connectivity index (χ4v) is 15.0. The molecule has 16 amide bonds. The topological polar surface area (TPSA) is 895 Å². The zero-order valence-corrected chi connectivity index (χ0v) is 84.9. The lowest BCUT2D eigenvalue weighted by atomic mass is 9.98. The van der Waals surface area contributed by atoms with E-state index in [0.717, 1.165) is 10.9 Å². The minimum atomic E-state index is -1.60. The molecule has 816 valence electrons. The van der Waals surface area contributed by atoms with Gasteiger partial charge in [-0.3, -0.25) is 104 Å². The van der Waals surface area contributed by atoms with Crippen LogP contribution in [0.1, 0.15) is 155 Å². The van der Waals surface area contributed by atoms with E-state index in [1.807, 2.05) is 18.2 Å². The largest absolute Gasteiger partial charge is 0.508 e. The number of fused-ring (bicyclic) bond motifs is 1. The van der Waals surface area contributed by atoms with Crippen LogP contribution in [0.4, 0.5) is 0 Å². The minimum Gasteiger partial charge on any atom is -0.508 e. The number of aliphatic carboxylic acids is 1. The SMILES string of the molecule is CC[C@H](C)[C@H](NC(=O)CNC(=O)[C@H](CCCNC(=N)N)NC(=O)[C@H](Cc1ccc(O)cc1)NC(=O)[C@H](C)NC(=O)[C@@H](NC(=O)[C@H](CCCNC(=N)N)NC(=O)[C@H](Cc1ccccc1)NC(=O)[C@H](C)NC(=O)[C@H](Cc1c[nH]c2ccccc12)NC(=O)[C@H](C)N)C(C)C)C(=O)N[C@@H](C)C(=O)N[C@@H](Cc1ccc(O)cc1)C(=O)N[C@@H](CCCNC(=N)N)C(=O)N[C@@H](CCCNC(=N)N)C(=O)N[C@@H](C)C(=O)N[C@@H](CCCNC(=N)N)C(=O)O. The third-order valence-corrected chi connectivity index (χ3v) is 23.6. The van der Waals surface area contributed by atoms with Crippen LogP contribution in [-0.2, 0) is 107 Å². The molecular weight excluding hydrogens is 1940 g/mol. The molecule has 5 rings (SSSR count). The molecule has 1 aromatic heterocycles. The van der Waals surface area contributed by atoms with E-state index in [1.165, 1.54) is 83.1 Å². The van der Waals surface area contributed by atoms with Crippen molar-refractivity contribution in [3.63, 3.8) is 0 Å². The number of nitrogens with two attached hydrogens (primary N) is 6. The maximum absolute atomic E-state index is 14.8. The first-order chi connectivity index (χ1) is 70.4. The summed E-state index contributed by atoms with van der Waals surface area (Å²) in [5, 5.41) is 123. The second-order valence-corrected chi connectivity index (χ2v) is 36.4. The molecule has 149 heavy (non-hydrogen) atoms. The van der Waals surface area contributed by atoms with Gasteiger partial charge < -0.3 is 166 Å². The van der Waals surface area contributed by atoms with E-state index in [-0.39, 0.29) is 146 Å². The smallest absolute Gasteiger partial charge is 0.326 e. The average Bonchev–Trinajstić information content (AvgIpc) is 1.62. The summed E-state index contributed by atoms with van der Waals surface area (Å²) >= 11 is 0. The summed E-state index contributed by atoms with van der Waals surface area (Å²) in [7, 11) is 0. The van der Waals surface area contributed by atoms with Gasteiger partial charge >= 0.3 is 5.97 Å². The Hall–Kier alpha value is -16.7. The van der Waals surface area contributed by atoms with E-state index in [2.05, 4.69) is 117 Å². The first kappa shape index (κ1) is 123. The molecule has 1 heterocycles. The molecule has 0 unspecified atom stereocenters. The first-order valence-electron chi connectivity index (χ1n) is 48.8. The van der Waals surface area contributed by atoms with Crippen molar-refractivity contribution in [2.75, 3.05) is 39.3 Å². The number of guanidine groups is 5. The van der Waals surface area contributed by atoms with Gasteiger partial charge in [-0.25, -0.2) is 4.79 Å². The number of phenolic OH excluding ortho intramolecular Hbond substituents is 2. The number of carboxylic acids is 1. The molecule has 42 N–H and O–H groups in total. The Labute approximate surface area is 861 Å². The van der Waals surface area contributed by atoms with Crippen LogP contribution in [0.15, 0.2) is 109 Å². The zero-order chi connectivity index (χ0) is 111. The molecule has 0 spiro atoms. The first-order valence-corrected chi connectivity index (χ1v) is 48.8. The van der Waals surface area contributed by atoms with Crippen LogP contribution >= 0.6 is 0 Å². The number of aromatic nitrogens is 1. The lowest BCUT2D eigenvalue weighted by Crippen LogP contribution is -2.61. The molecule has 0 saturated heterocycles. The summed E-state index contributed by atoms with van der Waals surface area (Å²) in [6.07, 6.45) is 0.566. The Morgan fingerprint density at radius 3 is 0.973 bits per heavy atom. The Kier molecular flexibility index (Phi) is 51.8. The van der Waals surface area contributed by atoms with Crippen molar-refractivity contribution in [2.24, 2.45) is 46.2 Å². The summed E-state index contributed by atoms with van der Waals surface area (Å²) in [4.78, 5) is 244. The maximum Gasteiger partial charge on any atom is 0.326 e. The van der Waals surface area contributed by atoms with Gasteiger partial charge in [0.1, 0.15) is 102 Å². The number of phenols is 2. The van der Waals surface area contributed by atoms with E-state index in [4.69, 9.17) is 61.4 Å². The predicted molar refractivity (Wildman–Crippen MR) is 552 cm³/mol. The molecule has 0 bridgehead atoms. The Balaban J connectivity index is 1.34. The number of benzene rings is 4. The van der Waals surface area contributed by atoms with Crippen LogP contribution in [0.25, 0.3) is 10.9 Å². The van der Waals surface area contributed by atoms with Gasteiger partial charge in [-0.15, -0.1) is 0 Å². The standard InChI is InChI=1S/C96H147N33O20/c1-10-50(4)75(90(147)118-55(9)80(137)127-71(45-58-32-36-61(131)37-33-58)88(145)121-66(27-18-40-110-94(102)103)83(140)120-65(26-17-39-109-93(100)101)82(139)115-52(6)77(134)123-68(91(148)149)29-20-42-112-96(106)107)128-73(132)48-114-81(138)64(25-16-38-108-92(98)99)119-86(143)70(44-57-30-34-60(130)35-31-57)126-79(136)54(8)117-89(146)74(49(2)3)129-84(141)67(28-19-41-111-95(104)105)122-87(144)69(43-56-21-12-11-13-22-56)125-78(135)53(7)116-85(142)72(124-76(133)51(5)97)46-59-47-113-63-24-15-14-23-62(59)63/h11-15,21-24,30-37,47,49-55,64-72,74-75,113,130-131H,10,16-20,25-29,38-46,48,97H2,1-9H3,(H,114,138)(H,115,139)(H,116,142)(H,117,146)(H,118,147)(H,119,143)(H,120,140)(H,121,145)(H,122,144)(H,123,134)(H,124,133)(H,125,135)(H,126,136)(H,127,137)(H,128,132)(H,129,141)(H,148,149)(H4,98,99,108)(H4,100,101,109)(H4,102,103,110)(H4,104,105,111)(H4,106,107,112)/t50-,51-,52-,53-,54-,55-,64-,65-,66-,67-,68-,69-,70-,71-,72-,74-,75-/m0/s1. The van der Waals surface area contributed by atoms with E-state index in [9.17, 15) is 96.8 Å². The zero-order valence-electron chi connectivity index (χ0n) is 84.9. The maximum atomic E-state index is 14.8. The molecule has 0 aliphatic heterocycles. The number of rotatable bonds is 64. The fraction of sp³-hybridized carbons (Fsp3) is 0.500. The van der Waals surface area contributed by atoms with Crippen LogP contribution in [0, 0.1) is 38.9 Å². The number of carbonyl (C=O) groups is 17.